The summed E-state index contributed by atoms with van der Waals surface area (Å²) in [5.41, 5.74) is 0.928. The molecule has 1 aromatic rings. The Labute approximate surface area is 108 Å². The molecular formula is C15H20O3. The molecule has 0 aliphatic rings. The zero-order chi connectivity index (χ0) is 13.5. The van der Waals surface area contributed by atoms with Crippen LogP contribution in [0.25, 0.3) is 0 Å². The first-order valence-corrected chi connectivity index (χ1v) is 6.21. The van der Waals surface area contributed by atoms with Gasteiger partial charge < -0.3 is 4.74 Å². The summed E-state index contributed by atoms with van der Waals surface area (Å²) in [7, 11) is 0. The van der Waals surface area contributed by atoms with E-state index >= 15 is 0 Å². The van der Waals surface area contributed by atoms with Crippen molar-refractivity contribution in [1.82, 2.24) is 0 Å². The Hall–Kier alpha value is -1.64. The molecule has 0 heterocycles. The topological polar surface area (TPSA) is 43.4 Å². The van der Waals surface area contributed by atoms with Crippen LogP contribution in [-0.2, 0) is 20.9 Å². The monoisotopic (exact) mass is 248 g/mol. The Morgan fingerprint density at radius 3 is 2.28 bits per heavy atom. The summed E-state index contributed by atoms with van der Waals surface area (Å²) < 4.78 is 5.19. The van der Waals surface area contributed by atoms with Crippen molar-refractivity contribution in [1.29, 1.82) is 0 Å². The Kier molecular flexibility index (Phi) is 5.56. The van der Waals surface area contributed by atoms with E-state index in [0.717, 1.165) is 5.56 Å². The molecule has 1 unspecified atom stereocenters. The summed E-state index contributed by atoms with van der Waals surface area (Å²) in [4.78, 5) is 23.3. The van der Waals surface area contributed by atoms with Gasteiger partial charge >= 0.3 is 5.97 Å². The predicted octanol–water partition coefficient (Wildman–Crippen LogP) is 2.98. The van der Waals surface area contributed by atoms with Crippen LogP contribution in [0.5, 0.6) is 0 Å². The summed E-state index contributed by atoms with van der Waals surface area (Å²) in [5.74, 6) is -0.876. The molecule has 1 aromatic carbocycles. The van der Waals surface area contributed by atoms with Gasteiger partial charge in [-0.3, -0.25) is 9.59 Å². The predicted molar refractivity (Wildman–Crippen MR) is 69.9 cm³/mol. The van der Waals surface area contributed by atoms with Crippen LogP contribution in [0.15, 0.2) is 30.3 Å². The van der Waals surface area contributed by atoms with Crippen molar-refractivity contribution in [2.24, 2.45) is 11.8 Å². The molecule has 0 bridgehead atoms. The number of Topliss-reactive ketones (excluding diaryl/α,β-unsaturated/α-hetero) is 1. The van der Waals surface area contributed by atoms with Gasteiger partial charge in [-0.1, -0.05) is 44.2 Å². The summed E-state index contributed by atoms with van der Waals surface area (Å²) in [6, 6.07) is 9.46. The Morgan fingerprint density at radius 2 is 1.78 bits per heavy atom. The van der Waals surface area contributed by atoms with Crippen molar-refractivity contribution >= 4 is 11.8 Å². The van der Waals surface area contributed by atoms with Crippen LogP contribution in [0.2, 0.25) is 0 Å². The van der Waals surface area contributed by atoms with Gasteiger partial charge in [-0.25, -0.2) is 0 Å². The fourth-order valence-electron chi connectivity index (χ4n) is 1.73. The number of hydrogen-bond donors (Lipinski definition) is 0. The molecule has 18 heavy (non-hydrogen) atoms. The SMILES string of the molecule is CC(=O)C(CC(C)C)C(=O)OCc1ccccc1. The van der Waals surface area contributed by atoms with Gasteiger partial charge in [-0.15, -0.1) is 0 Å². The lowest BCUT2D eigenvalue weighted by molar-refractivity contribution is -0.153. The number of esters is 1. The highest BCUT2D eigenvalue weighted by atomic mass is 16.5. The third-order valence-electron chi connectivity index (χ3n) is 2.71. The molecule has 0 fully saturated rings. The molecule has 0 radical (unpaired) electrons. The summed E-state index contributed by atoms with van der Waals surface area (Å²) in [5, 5.41) is 0. The standard InChI is InChI=1S/C15H20O3/c1-11(2)9-14(12(3)16)15(17)18-10-13-7-5-4-6-8-13/h4-8,11,14H,9-10H2,1-3H3. The lowest BCUT2D eigenvalue weighted by atomic mass is 9.94. The zero-order valence-electron chi connectivity index (χ0n) is 11.2. The highest BCUT2D eigenvalue weighted by molar-refractivity contribution is 5.97. The molecule has 0 amide bonds. The summed E-state index contributed by atoms with van der Waals surface area (Å²) in [6.45, 7) is 5.64. The van der Waals surface area contributed by atoms with Gasteiger partial charge in [-0.2, -0.15) is 0 Å². The van der Waals surface area contributed by atoms with Crippen molar-refractivity contribution < 1.29 is 14.3 Å². The van der Waals surface area contributed by atoms with Crippen molar-refractivity contribution in [2.45, 2.75) is 33.8 Å². The number of carbonyl (C=O) groups is 2. The van der Waals surface area contributed by atoms with Crippen LogP contribution >= 0.6 is 0 Å². The van der Waals surface area contributed by atoms with Crippen LogP contribution in [0.4, 0.5) is 0 Å². The minimum absolute atomic E-state index is 0.123. The lowest BCUT2D eigenvalue weighted by Crippen LogP contribution is -2.25. The number of ether oxygens (including phenoxy) is 1. The molecule has 1 atom stereocenters. The average Bonchev–Trinajstić information content (AvgIpc) is 2.34. The van der Waals surface area contributed by atoms with Gasteiger partial charge in [0.25, 0.3) is 0 Å². The van der Waals surface area contributed by atoms with Gasteiger partial charge in [0.1, 0.15) is 18.3 Å². The first-order valence-electron chi connectivity index (χ1n) is 6.21. The highest BCUT2D eigenvalue weighted by Gasteiger charge is 2.25. The molecular weight excluding hydrogens is 228 g/mol. The molecule has 98 valence electrons. The Bertz CT molecular complexity index is 395. The van der Waals surface area contributed by atoms with E-state index in [-0.39, 0.29) is 12.4 Å². The van der Waals surface area contributed by atoms with E-state index in [4.69, 9.17) is 4.74 Å². The van der Waals surface area contributed by atoms with E-state index < -0.39 is 11.9 Å². The molecule has 0 aliphatic carbocycles. The number of ketones is 1. The molecule has 0 aromatic heterocycles. The van der Waals surface area contributed by atoms with E-state index in [9.17, 15) is 9.59 Å². The smallest absolute Gasteiger partial charge is 0.316 e. The molecule has 0 saturated carbocycles. The maximum atomic E-state index is 11.9. The second-order valence-electron chi connectivity index (χ2n) is 4.89. The molecule has 1 rings (SSSR count). The van der Waals surface area contributed by atoms with Crippen molar-refractivity contribution in [2.75, 3.05) is 0 Å². The second-order valence-corrected chi connectivity index (χ2v) is 4.89. The van der Waals surface area contributed by atoms with E-state index in [1.807, 2.05) is 44.2 Å². The largest absolute Gasteiger partial charge is 0.460 e. The molecule has 0 N–H and O–H groups in total. The van der Waals surface area contributed by atoms with Crippen molar-refractivity contribution in [3.63, 3.8) is 0 Å². The van der Waals surface area contributed by atoms with Crippen LogP contribution in [0.1, 0.15) is 32.8 Å². The number of benzene rings is 1. The fraction of sp³-hybridized carbons (Fsp3) is 0.467. The van der Waals surface area contributed by atoms with Gasteiger partial charge in [0, 0.05) is 0 Å². The van der Waals surface area contributed by atoms with E-state index in [1.54, 1.807) is 0 Å². The zero-order valence-corrected chi connectivity index (χ0v) is 11.2. The van der Waals surface area contributed by atoms with Crippen molar-refractivity contribution in [3.05, 3.63) is 35.9 Å². The second kappa shape index (κ2) is 6.94. The third kappa shape index (κ3) is 4.70. The summed E-state index contributed by atoms with van der Waals surface area (Å²) in [6.07, 6.45) is 0.545. The van der Waals surface area contributed by atoms with Gasteiger partial charge in [0.15, 0.2) is 0 Å². The number of rotatable bonds is 6. The van der Waals surface area contributed by atoms with Crippen LogP contribution in [0.3, 0.4) is 0 Å². The minimum Gasteiger partial charge on any atom is -0.460 e. The first kappa shape index (κ1) is 14.4. The quantitative estimate of drug-likeness (QED) is 0.574. The molecule has 0 aliphatic heterocycles. The van der Waals surface area contributed by atoms with Crippen LogP contribution in [0, 0.1) is 11.8 Å². The van der Waals surface area contributed by atoms with Crippen molar-refractivity contribution in [3.8, 4) is 0 Å². The van der Waals surface area contributed by atoms with Crippen LogP contribution < -0.4 is 0 Å². The Balaban J connectivity index is 2.54. The maximum Gasteiger partial charge on any atom is 0.316 e. The molecule has 3 nitrogen and oxygen atoms in total. The third-order valence-corrected chi connectivity index (χ3v) is 2.71. The van der Waals surface area contributed by atoms with E-state index in [1.165, 1.54) is 6.92 Å². The summed E-state index contributed by atoms with van der Waals surface area (Å²) >= 11 is 0. The van der Waals surface area contributed by atoms with Gasteiger partial charge in [0.05, 0.1) is 0 Å². The molecule has 0 saturated heterocycles. The normalized spacial score (nSPS) is 12.2. The van der Waals surface area contributed by atoms with Gasteiger partial charge in [0.2, 0.25) is 0 Å². The highest BCUT2D eigenvalue weighted by Crippen LogP contribution is 2.15. The Morgan fingerprint density at radius 1 is 1.17 bits per heavy atom. The molecule has 0 spiro atoms. The number of carbonyl (C=O) groups excluding carboxylic acids is 2. The lowest BCUT2D eigenvalue weighted by Gasteiger charge is -2.15. The van der Waals surface area contributed by atoms with Crippen LogP contribution in [-0.4, -0.2) is 11.8 Å². The number of hydrogen-bond acceptors (Lipinski definition) is 3. The average molecular weight is 248 g/mol. The molecule has 3 heteroatoms. The van der Waals surface area contributed by atoms with E-state index in [2.05, 4.69) is 0 Å². The maximum absolute atomic E-state index is 11.9. The fourth-order valence-corrected chi connectivity index (χ4v) is 1.73. The van der Waals surface area contributed by atoms with E-state index in [0.29, 0.717) is 12.3 Å². The first-order chi connectivity index (χ1) is 8.50. The minimum atomic E-state index is -0.631. The van der Waals surface area contributed by atoms with Gasteiger partial charge in [-0.05, 0) is 24.8 Å².